The second kappa shape index (κ2) is 13.6. The molecule has 11 atom stereocenters. The molecule has 1 saturated heterocycles. The molecule has 5 aliphatic carbocycles. The molecule has 0 amide bonds. The minimum Gasteiger partial charge on any atom is -0.392 e. The van der Waals surface area contributed by atoms with Gasteiger partial charge in [0.2, 0.25) is 0 Å². The number of nitrogens with one attached hydrogen (secondary N) is 1. The number of fused-ring (bicyclic) bond motifs is 4. The molecule has 7 nitrogen and oxygen atoms in total. The number of carbonyl (C=O) groups is 2. The van der Waals surface area contributed by atoms with Gasteiger partial charge in [-0.05, 0) is 123 Å². The average Bonchev–Trinajstić information content (AvgIpc) is 3.43. The molecular formula is C53H73N2O5+. The predicted octanol–water partition coefficient (Wildman–Crippen LogP) is 8.50. The first-order valence-corrected chi connectivity index (χ1v) is 24.0. The summed E-state index contributed by atoms with van der Waals surface area (Å²) in [7, 11) is 0. The molecule has 0 spiro atoms. The van der Waals surface area contributed by atoms with E-state index in [9.17, 15) is 15.0 Å². The van der Waals surface area contributed by atoms with E-state index in [1.807, 2.05) is 13.8 Å². The summed E-state index contributed by atoms with van der Waals surface area (Å²) in [6.45, 7) is 21.6. The number of benzene rings is 1. The third-order valence-electron chi connectivity index (χ3n) is 19.4. The first-order valence-electron chi connectivity index (χ1n) is 24.0. The summed E-state index contributed by atoms with van der Waals surface area (Å²) in [6, 6.07) is 7.29. The van der Waals surface area contributed by atoms with Crippen LogP contribution < -0.4 is 4.90 Å². The molecule has 11 unspecified atom stereocenters. The molecule has 10 rings (SSSR count). The van der Waals surface area contributed by atoms with Crippen LogP contribution in [0.2, 0.25) is 0 Å². The van der Waals surface area contributed by atoms with Crippen LogP contribution in [0.3, 0.4) is 0 Å². The molecule has 5 fully saturated rings. The SMILES string of the molecule is Cc1cc(CC2=C3N=CC4=C3[NH+](C2)CC2C3=C(C(=O)CC3(C)C3(C)CCC5C(C)(C)C(=O)CCC5(C)C3C2O)C(C)(CC(O)C2OC2(C)C)CC4)cc(C2CCCCC2)c1. The summed E-state index contributed by atoms with van der Waals surface area (Å²) < 4.78 is 6.04. The molecule has 4 aliphatic heterocycles. The highest BCUT2D eigenvalue weighted by Gasteiger charge is 2.73. The van der Waals surface area contributed by atoms with Crippen molar-refractivity contribution in [2.45, 2.75) is 182 Å². The Morgan fingerprint density at radius 1 is 0.933 bits per heavy atom. The molecule has 3 N–H and O–H groups in total. The maximum absolute atomic E-state index is 15.2. The number of aliphatic imine (C=N–C) groups is 1. The van der Waals surface area contributed by atoms with E-state index in [1.54, 1.807) is 0 Å². The van der Waals surface area contributed by atoms with Crippen LogP contribution in [0.4, 0.5) is 0 Å². The lowest BCUT2D eigenvalue weighted by atomic mass is 9.34. The highest BCUT2D eigenvalue weighted by molar-refractivity contribution is 6.02. The van der Waals surface area contributed by atoms with Gasteiger partial charge < -0.3 is 14.9 Å². The Morgan fingerprint density at radius 3 is 2.38 bits per heavy atom. The fraction of sp³-hybridized carbons (Fsp3) is 0.717. The number of hydrogen-bond acceptors (Lipinski definition) is 6. The zero-order valence-electron chi connectivity index (χ0n) is 38.2. The quantitative estimate of drug-likeness (QED) is 0.250. The first kappa shape index (κ1) is 41.3. The molecule has 4 heterocycles. The second-order valence-corrected chi connectivity index (χ2v) is 23.8. The largest absolute Gasteiger partial charge is 0.392 e. The lowest BCUT2D eigenvalue weighted by molar-refractivity contribution is -0.852. The third kappa shape index (κ3) is 5.89. The summed E-state index contributed by atoms with van der Waals surface area (Å²) in [5.41, 5.74) is 8.90. The molecule has 7 heteroatoms. The minimum atomic E-state index is -0.703. The van der Waals surface area contributed by atoms with Crippen molar-refractivity contribution < 1.29 is 29.4 Å². The highest BCUT2D eigenvalue weighted by Crippen LogP contribution is 2.75. The van der Waals surface area contributed by atoms with Gasteiger partial charge in [-0.2, -0.15) is 0 Å². The molecule has 60 heavy (non-hydrogen) atoms. The van der Waals surface area contributed by atoms with Crippen LogP contribution in [-0.2, 0) is 20.7 Å². The number of aliphatic hydroxyl groups is 2. The Hall–Kier alpha value is -2.71. The number of Topliss-reactive ketones (excluding diaryl/α,β-unsaturated/α-hetero) is 2. The summed E-state index contributed by atoms with van der Waals surface area (Å²) >= 11 is 0. The predicted molar refractivity (Wildman–Crippen MR) is 236 cm³/mol. The number of ketones is 2. The molecule has 1 aromatic rings. The van der Waals surface area contributed by atoms with Gasteiger partial charge in [0, 0.05) is 53.0 Å². The minimum absolute atomic E-state index is 0.0600. The van der Waals surface area contributed by atoms with E-state index in [4.69, 9.17) is 9.73 Å². The Bertz CT molecular complexity index is 2170. The van der Waals surface area contributed by atoms with Crippen LogP contribution in [-0.4, -0.2) is 65.0 Å². The number of ether oxygens (including phenoxy) is 1. The summed E-state index contributed by atoms with van der Waals surface area (Å²) in [4.78, 5) is 35.4. The molecule has 1 aromatic carbocycles. The van der Waals surface area contributed by atoms with Crippen LogP contribution in [0.5, 0.6) is 0 Å². The Kier molecular flexibility index (Phi) is 9.40. The maximum Gasteiger partial charge on any atom is 0.162 e. The van der Waals surface area contributed by atoms with E-state index in [0.29, 0.717) is 37.5 Å². The summed E-state index contributed by atoms with van der Waals surface area (Å²) in [5.74, 6) is 1.09. The van der Waals surface area contributed by atoms with Crippen molar-refractivity contribution in [1.29, 1.82) is 0 Å². The van der Waals surface area contributed by atoms with Crippen molar-refractivity contribution in [1.82, 2.24) is 0 Å². The van der Waals surface area contributed by atoms with Gasteiger partial charge in [-0.1, -0.05) is 84.6 Å². The van der Waals surface area contributed by atoms with E-state index < -0.39 is 28.5 Å². The first-order chi connectivity index (χ1) is 28.2. The molecule has 0 aromatic heterocycles. The third-order valence-corrected chi connectivity index (χ3v) is 19.4. The van der Waals surface area contributed by atoms with Crippen molar-refractivity contribution in [3.63, 3.8) is 0 Å². The van der Waals surface area contributed by atoms with E-state index in [-0.39, 0.29) is 46.1 Å². The van der Waals surface area contributed by atoms with Crippen molar-refractivity contribution in [3.8, 4) is 0 Å². The van der Waals surface area contributed by atoms with Crippen LogP contribution in [0.15, 0.2) is 56.9 Å². The molecule has 324 valence electrons. The lowest BCUT2D eigenvalue weighted by Gasteiger charge is -2.70. The zero-order chi connectivity index (χ0) is 42.5. The number of aryl methyl sites for hydroxylation is 1. The number of quaternary nitrogens is 1. The monoisotopic (exact) mass is 818 g/mol. The van der Waals surface area contributed by atoms with Crippen molar-refractivity contribution in [2.75, 3.05) is 13.1 Å². The van der Waals surface area contributed by atoms with Crippen molar-refractivity contribution >= 4 is 17.8 Å². The van der Waals surface area contributed by atoms with Crippen molar-refractivity contribution in [2.24, 2.45) is 49.8 Å². The fourth-order valence-electron chi connectivity index (χ4n) is 16.3. The molecule has 0 radical (unpaired) electrons. The van der Waals surface area contributed by atoms with E-state index >= 15 is 4.79 Å². The molecule has 9 aliphatic rings. The van der Waals surface area contributed by atoms with Gasteiger partial charge >= 0.3 is 0 Å². The van der Waals surface area contributed by atoms with Gasteiger partial charge in [-0.3, -0.25) is 14.5 Å². The van der Waals surface area contributed by atoms with Gasteiger partial charge in [0.15, 0.2) is 11.5 Å². The van der Waals surface area contributed by atoms with Crippen LogP contribution in [0.1, 0.15) is 161 Å². The van der Waals surface area contributed by atoms with Gasteiger partial charge in [-0.25, -0.2) is 4.99 Å². The number of carbonyl (C=O) groups excluding carboxylic acids is 2. The number of rotatable bonds is 6. The number of nitrogens with zero attached hydrogens (tertiary/aromatic N) is 1. The standard InChI is InChI=1S/C53H72N2O5/c1-30-21-31(23-34(22-30)32-13-11-10-12-14-32)24-35-28-55-29-36-41-42(50(6,25-38(57)47-49(4,5)60-47)18-15-33-27-54-43(35)44(33)55)37(56)26-53(41,9)52(8)20-16-39-48(2,3)40(58)17-19-51(39,7)46(52)45(36)59/h21-23,27,32,36,38-39,45-47,57,59H,10-20,24-26,28-29H2,1-9H3/p+1. The Balaban J connectivity index is 1.09. The molecular weight excluding hydrogens is 745 g/mol. The molecule has 4 saturated carbocycles. The van der Waals surface area contributed by atoms with Gasteiger partial charge in [0.05, 0.1) is 30.3 Å². The molecule has 0 bridgehead atoms. The highest BCUT2D eigenvalue weighted by atomic mass is 16.6. The fourth-order valence-corrected chi connectivity index (χ4v) is 16.3. The lowest BCUT2D eigenvalue weighted by Crippen LogP contribution is -3.10. The van der Waals surface area contributed by atoms with Crippen molar-refractivity contribution in [3.05, 3.63) is 68.6 Å². The number of hydrogen-bond donors (Lipinski definition) is 3. The van der Waals surface area contributed by atoms with Crippen LogP contribution >= 0.6 is 0 Å². The summed E-state index contributed by atoms with van der Waals surface area (Å²) in [6.07, 6.45) is 13.5. The number of aliphatic hydroxyl groups excluding tert-OH is 2. The normalized spacial score (nSPS) is 42.2. The Labute approximate surface area is 359 Å². The van der Waals surface area contributed by atoms with Gasteiger partial charge in [0.25, 0.3) is 0 Å². The second-order valence-electron chi connectivity index (χ2n) is 23.8. The topological polar surface area (TPSA) is 104 Å². The Morgan fingerprint density at radius 2 is 1.67 bits per heavy atom. The number of epoxide rings is 1. The van der Waals surface area contributed by atoms with Crippen LogP contribution in [0.25, 0.3) is 0 Å². The van der Waals surface area contributed by atoms with Gasteiger partial charge in [0.1, 0.15) is 24.1 Å². The average molecular weight is 818 g/mol. The zero-order valence-corrected chi connectivity index (χ0v) is 38.2. The number of allylic oxidation sites excluding steroid dienone is 2. The smallest absolute Gasteiger partial charge is 0.162 e. The van der Waals surface area contributed by atoms with E-state index in [0.717, 1.165) is 56.3 Å². The van der Waals surface area contributed by atoms with Crippen LogP contribution in [0, 0.1) is 51.8 Å². The maximum atomic E-state index is 15.2. The van der Waals surface area contributed by atoms with E-state index in [1.165, 1.54) is 76.1 Å². The van der Waals surface area contributed by atoms with Gasteiger partial charge in [-0.15, -0.1) is 0 Å². The summed E-state index contributed by atoms with van der Waals surface area (Å²) in [5, 5.41) is 25.5. The van der Waals surface area contributed by atoms with E-state index in [2.05, 4.69) is 72.9 Å².